The zero-order valence-corrected chi connectivity index (χ0v) is 10.8. The lowest BCUT2D eigenvalue weighted by atomic mass is 9.96. The summed E-state index contributed by atoms with van der Waals surface area (Å²) in [6, 6.07) is 9.40. The Morgan fingerprint density at radius 1 is 1.33 bits per heavy atom. The average molecular weight is 245 g/mol. The second-order valence-corrected chi connectivity index (χ2v) is 4.80. The highest BCUT2D eigenvalue weighted by atomic mass is 16.2. The first-order valence-corrected chi connectivity index (χ1v) is 6.60. The highest BCUT2D eigenvalue weighted by molar-refractivity contribution is 5.95. The number of rotatable bonds is 3. The van der Waals surface area contributed by atoms with E-state index in [1.807, 2.05) is 35.2 Å². The number of piperidine rings is 1. The van der Waals surface area contributed by atoms with E-state index in [1.165, 1.54) is 0 Å². The summed E-state index contributed by atoms with van der Waals surface area (Å²) in [6.45, 7) is 2.65. The molecular weight excluding hydrogens is 226 g/mol. The predicted molar refractivity (Wildman–Crippen MR) is 70.4 cm³/mol. The second kappa shape index (κ2) is 5.80. The van der Waals surface area contributed by atoms with Crippen molar-refractivity contribution in [2.45, 2.75) is 38.6 Å². The highest BCUT2D eigenvalue weighted by Gasteiger charge is 2.30. The number of likely N-dealkylation sites (tertiary alicyclic amines) is 1. The third-order valence-corrected chi connectivity index (χ3v) is 3.44. The van der Waals surface area contributed by atoms with Gasteiger partial charge in [-0.2, -0.15) is 0 Å². The first-order chi connectivity index (χ1) is 8.72. The van der Waals surface area contributed by atoms with Crippen LogP contribution in [0.1, 0.15) is 43.0 Å². The van der Waals surface area contributed by atoms with Gasteiger partial charge in [0.2, 0.25) is 0 Å². The minimum absolute atomic E-state index is 0.0570. The fourth-order valence-corrected chi connectivity index (χ4v) is 2.51. The van der Waals surface area contributed by atoms with E-state index in [0.717, 1.165) is 12.8 Å². The molecule has 1 saturated heterocycles. The first kappa shape index (κ1) is 12.8. The fraction of sp³-hybridized carbons (Fsp3) is 0.467. The van der Waals surface area contributed by atoms with Crippen molar-refractivity contribution in [3.05, 3.63) is 35.9 Å². The van der Waals surface area contributed by atoms with E-state index in [9.17, 15) is 9.59 Å². The molecule has 0 radical (unpaired) electrons. The largest absolute Gasteiger partial charge is 0.335 e. The van der Waals surface area contributed by atoms with Crippen LogP contribution in [0.15, 0.2) is 30.3 Å². The van der Waals surface area contributed by atoms with E-state index in [0.29, 0.717) is 24.9 Å². The predicted octanol–water partition coefficient (Wildman–Crippen LogP) is 2.66. The van der Waals surface area contributed by atoms with Gasteiger partial charge in [-0.15, -0.1) is 0 Å². The lowest BCUT2D eigenvalue weighted by Crippen LogP contribution is -2.46. The Hall–Kier alpha value is -1.64. The molecule has 0 spiro atoms. The molecule has 1 aliphatic heterocycles. The summed E-state index contributed by atoms with van der Waals surface area (Å²) in [5, 5.41) is 0. The molecule has 0 aromatic heterocycles. The Labute approximate surface area is 108 Å². The minimum Gasteiger partial charge on any atom is -0.335 e. The van der Waals surface area contributed by atoms with Crippen LogP contribution >= 0.6 is 0 Å². The van der Waals surface area contributed by atoms with E-state index in [1.54, 1.807) is 0 Å². The maximum atomic E-state index is 12.4. The molecule has 2 rings (SSSR count). The summed E-state index contributed by atoms with van der Waals surface area (Å²) in [7, 11) is 0. The number of carbonyl (C=O) groups excluding carboxylic acids is 2. The Bertz CT molecular complexity index is 427. The van der Waals surface area contributed by atoms with Crippen molar-refractivity contribution in [2.75, 3.05) is 6.54 Å². The molecule has 0 N–H and O–H groups in total. The molecule has 1 atom stereocenters. The lowest BCUT2D eigenvalue weighted by Gasteiger charge is -2.35. The maximum Gasteiger partial charge on any atom is 0.254 e. The summed E-state index contributed by atoms with van der Waals surface area (Å²) >= 11 is 0. The Morgan fingerprint density at radius 3 is 2.72 bits per heavy atom. The lowest BCUT2D eigenvalue weighted by molar-refractivity contribution is -0.122. The van der Waals surface area contributed by atoms with Gasteiger partial charge in [0.05, 0.1) is 0 Å². The van der Waals surface area contributed by atoms with Crippen LogP contribution in [0.25, 0.3) is 0 Å². The molecule has 1 heterocycles. The van der Waals surface area contributed by atoms with Crippen LogP contribution in [0.2, 0.25) is 0 Å². The molecule has 1 aliphatic rings. The van der Waals surface area contributed by atoms with Gasteiger partial charge >= 0.3 is 0 Å². The zero-order valence-electron chi connectivity index (χ0n) is 10.8. The van der Waals surface area contributed by atoms with Crippen molar-refractivity contribution < 1.29 is 9.59 Å². The normalized spacial score (nSPS) is 19.9. The third-order valence-electron chi connectivity index (χ3n) is 3.44. The van der Waals surface area contributed by atoms with Gasteiger partial charge in [-0.3, -0.25) is 9.59 Å². The van der Waals surface area contributed by atoms with Crippen LogP contribution < -0.4 is 0 Å². The fourth-order valence-electron chi connectivity index (χ4n) is 2.51. The standard InChI is InChI=1S/C15H19NO2/c1-2-6-13-11-14(17)9-10-16(13)15(18)12-7-4-3-5-8-12/h3-5,7-8,13H,2,6,9-11H2,1H3. The van der Waals surface area contributed by atoms with Crippen molar-refractivity contribution >= 4 is 11.7 Å². The summed E-state index contributed by atoms with van der Waals surface area (Å²) in [5.41, 5.74) is 0.716. The Morgan fingerprint density at radius 2 is 2.06 bits per heavy atom. The monoisotopic (exact) mass is 245 g/mol. The van der Waals surface area contributed by atoms with Gasteiger partial charge in [0, 0.05) is 31.0 Å². The van der Waals surface area contributed by atoms with Crippen LogP contribution in [0.3, 0.4) is 0 Å². The zero-order chi connectivity index (χ0) is 13.0. The first-order valence-electron chi connectivity index (χ1n) is 6.60. The van der Waals surface area contributed by atoms with E-state index in [-0.39, 0.29) is 17.7 Å². The molecule has 1 unspecified atom stereocenters. The topological polar surface area (TPSA) is 37.4 Å². The average Bonchev–Trinajstić information content (AvgIpc) is 2.40. The van der Waals surface area contributed by atoms with Gasteiger partial charge in [-0.1, -0.05) is 31.5 Å². The molecule has 0 aliphatic carbocycles. The number of hydrogen-bond acceptors (Lipinski definition) is 2. The molecule has 1 amide bonds. The molecule has 1 aromatic rings. The van der Waals surface area contributed by atoms with E-state index in [2.05, 4.69) is 6.92 Å². The van der Waals surface area contributed by atoms with Crippen LogP contribution in [0.5, 0.6) is 0 Å². The van der Waals surface area contributed by atoms with E-state index < -0.39 is 0 Å². The Kier molecular flexibility index (Phi) is 4.13. The molecule has 18 heavy (non-hydrogen) atoms. The van der Waals surface area contributed by atoms with Crippen molar-refractivity contribution in [1.82, 2.24) is 4.90 Å². The van der Waals surface area contributed by atoms with Gasteiger partial charge in [-0.05, 0) is 18.6 Å². The van der Waals surface area contributed by atoms with Gasteiger partial charge in [0.15, 0.2) is 0 Å². The number of carbonyl (C=O) groups is 2. The van der Waals surface area contributed by atoms with Crippen molar-refractivity contribution in [1.29, 1.82) is 0 Å². The smallest absolute Gasteiger partial charge is 0.254 e. The summed E-state index contributed by atoms with van der Waals surface area (Å²) in [5.74, 6) is 0.340. The molecule has 1 fully saturated rings. The molecule has 0 saturated carbocycles. The number of hydrogen-bond donors (Lipinski definition) is 0. The van der Waals surface area contributed by atoms with Crippen LogP contribution in [0, 0.1) is 0 Å². The number of amides is 1. The van der Waals surface area contributed by atoms with Crippen molar-refractivity contribution in [3.8, 4) is 0 Å². The van der Waals surface area contributed by atoms with Gasteiger partial charge in [0.25, 0.3) is 5.91 Å². The second-order valence-electron chi connectivity index (χ2n) is 4.80. The highest BCUT2D eigenvalue weighted by Crippen LogP contribution is 2.21. The number of ketones is 1. The third kappa shape index (κ3) is 2.78. The van der Waals surface area contributed by atoms with E-state index in [4.69, 9.17) is 0 Å². The van der Waals surface area contributed by atoms with Crippen molar-refractivity contribution in [3.63, 3.8) is 0 Å². The number of benzene rings is 1. The SMILES string of the molecule is CCCC1CC(=O)CCN1C(=O)c1ccccc1. The Balaban J connectivity index is 2.15. The minimum atomic E-state index is 0.0570. The van der Waals surface area contributed by atoms with Crippen LogP contribution in [-0.4, -0.2) is 29.2 Å². The number of nitrogens with zero attached hydrogens (tertiary/aromatic N) is 1. The van der Waals surface area contributed by atoms with Crippen LogP contribution in [-0.2, 0) is 4.79 Å². The molecule has 1 aromatic carbocycles. The quantitative estimate of drug-likeness (QED) is 0.821. The maximum absolute atomic E-state index is 12.4. The van der Waals surface area contributed by atoms with Gasteiger partial charge < -0.3 is 4.90 Å². The van der Waals surface area contributed by atoms with Crippen molar-refractivity contribution in [2.24, 2.45) is 0 Å². The van der Waals surface area contributed by atoms with Gasteiger partial charge in [0.1, 0.15) is 5.78 Å². The number of Topliss-reactive ketones (excluding diaryl/α,β-unsaturated/α-hetero) is 1. The summed E-state index contributed by atoms with van der Waals surface area (Å²) in [4.78, 5) is 25.8. The van der Waals surface area contributed by atoms with Gasteiger partial charge in [-0.25, -0.2) is 0 Å². The molecule has 3 heteroatoms. The summed E-state index contributed by atoms with van der Waals surface area (Å²) in [6.07, 6.45) is 2.92. The molecule has 0 bridgehead atoms. The molecular formula is C15H19NO2. The molecule has 3 nitrogen and oxygen atoms in total. The van der Waals surface area contributed by atoms with Crippen LogP contribution in [0.4, 0.5) is 0 Å². The summed E-state index contributed by atoms with van der Waals surface area (Å²) < 4.78 is 0. The molecule has 96 valence electrons. The van der Waals surface area contributed by atoms with E-state index >= 15 is 0 Å².